The van der Waals surface area contributed by atoms with Gasteiger partial charge in [0.1, 0.15) is 0 Å². The molecule has 1 aromatic heterocycles. The molecule has 0 spiro atoms. The molecule has 0 amide bonds. The van der Waals surface area contributed by atoms with Crippen LogP contribution in [0.15, 0.2) is 22.5 Å². The first kappa shape index (κ1) is 25.8. The number of nitrogens with one attached hydrogen (secondary N) is 2. The lowest BCUT2D eigenvalue weighted by molar-refractivity contribution is -0.0334. The molecule has 3 rings (SSSR count). The summed E-state index contributed by atoms with van der Waals surface area (Å²) in [5.74, 6) is 0.899. The molecule has 30 heavy (non-hydrogen) atoms. The highest BCUT2D eigenvalue weighted by molar-refractivity contribution is 14.0. The van der Waals surface area contributed by atoms with Gasteiger partial charge >= 0.3 is 0 Å². The largest absolute Gasteiger partial charge is 0.379 e. The summed E-state index contributed by atoms with van der Waals surface area (Å²) in [5, 5.41) is 9.17. The van der Waals surface area contributed by atoms with E-state index in [-0.39, 0.29) is 30.1 Å². The van der Waals surface area contributed by atoms with Gasteiger partial charge in [0.15, 0.2) is 5.96 Å². The number of morpholine rings is 2. The van der Waals surface area contributed by atoms with Crippen molar-refractivity contribution >= 4 is 41.3 Å². The van der Waals surface area contributed by atoms with E-state index in [1.165, 1.54) is 4.88 Å². The molecule has 0 aromatic carbocycles. The van der Waals surface area contributed by atoms with Crippen molar-refractivity contribution < 1.29 is 9.47 Å². The average Bonchev–Trinajstić information content (AvgIpc) is 3.27. The minimum atomic E-state index is 0. The smallest absolute Gasteiger partial charge is 0.191 e. The maximum absolute atomic E-state index is 5.75. The molecule has 0 aliphatic carbocycles. The van der Waals surface area contributed by atoms with Gasteiger partial charge in [0.25, 0.3) is 0 Å². The number of nitrogens with zero attached hydrogens (tertiary/aromatic N) is 3. The number of hydrogen-bond acceptors (Lipinski definition) is 6. The van der Waals surface area contributed by atoms with E-state index >= 15 is 0 Å². The van der Waals surface area contributed by atoms with Crippen LogP contribution >= 0.6 is 35.3 Å². The summed E-state index contributed by atoms with van der Waals surface area (Å²) in [4.78, 5) is 11.3. The predicted octanol–water partition coefficient (Wildman–Crippen LogP) is 2.40. The molecule has 2 aliphatic heterocycles. The molecule has 9 heteroatoms. The molecule has 2 fully saturated rings. The molecule has 0 radical (unpaired) electrons. The Hall–Kier alpha value is -0.460. The van der Waals surface area contributed by atoms with E-state index < -0.39 is 0 Å². The molecular weight excluding hydrogens is 513 g/mol. The van der Waals surface area contributed by atoms with Crippen LogP contribution in [0.4, 0.5) is 0 Å². The number of guanidine groups is 1. The van der Waals surface area contributed by atoms with E-state index in [1.54, 1.807) is 0 Å². The number of hydrogen-bond donors (Lipinski definition) is 2. The molecule has 2 saturated heterocycles. The second-order valence-corrected chi connectivity index (χ2v) is 8.78. The van der Waals surface area contributed by atoms with Crippen molar-refractivity contribution in [3.05, 3.63) is 22.4 Å². The van der Waals surface area contributed by atoms with Crippen LogP contribution < -0.4 is 10.6 Å². The van der Waals surface area contributed by atoms with Gasteiger partial charge in [-0.1, -0.05) is 6.07 Å². The monoisotopic (exact) mass is 551 g/mol. The van der Waals surface area contributed by atoms with Crippen molar-refractivity contribution in [2.24, 2.45) is 4.99 Å². The SMILES string of the molecule is CCNC(=NCC(C)N1CCOCC1)NCC(c1cccs1)N1CCOC(C)C1.I. The lowest BCUT2D eigenvalue weighted by atomic mass is 10.1. The zero-order valence-corrected chi connectivity index (χ0v) is 21.7. The van der Waals surface area contributed by atoms with Gasteiger partial charge in [-0.05, 0) is 32.2 Å². The van der Waals surface area contributed by atoms with Crippen LogP contribution in [-0.2, 0) is 9.47 Å². The normalized spacial score (nSPS) is 23.4. The van der Waals surface area contributed by atoms with Crippen LogP contribution in [0.2, 0.25) is 0 Å². The van der Waals surface area contributed by atoms with E-state index in [0.29, 0.717) is 12.1 Å². The first-order valence-electron chi connectivity index (χ1n) is 10.9. The van der Waals surface area contributed by atoms with E-state index in [2.05, 4.69) is 58.7 Å². The predicted molar refractivity (Wildman–Crippen MR) is 135 cm³/mol. The molecule has 172 valence electrons. The van der Waals surface area contributed by atoms with Gasteiger partial charge in [0.05, 0.1) is 38.5 Å². The van der Waals surface area contributed by atoms with E-state index in [4.69, 9.17) is 14.5 Å². The second-order valence-electron chi connectivity index (χ2n) is 7.81. The fourth-order valence-electron chi connectivity index (χ4n) is 3.91. The Kier molecular flexibility index (Phi) is 11.9. The Labute approximate surface area is 202 Å². The summed E-state index contributed by atoms with van der Waals surface area (Å²) in [6.45, 7) is 15.4. The lowest BCUT2D eigenvalue weighted by Crippen LogP contribution is -2.48. The Bertz CT molecular complexity index is 613. The van der Waals surface area contributed by atoms with Crippen LogP contribution in [0.3, 0.4) is 0 Å². The topological polar surface area (TPSA) is 61.4 Å². The van der Waals surface area contributed by atoms with E-state index in [1.807, 2.05) is 11.3 Å². The number of halogens is 1. The van der Waals surface area contributed by atoms with Gasteiger partial charge in [-0.2, -0.15) is 0 Å². The van der Waals surface area contributed by atoms with Crippen molar-refractivity contribution in [1.82, 2.24) is 20.4 Å². The van der Waals surface area contributed by atoms with Gasteiger partial charge < -0.3 is 20.1 Å². The highest BCUT2D eigenvalue weighted by atomic mass is 127. The fourth-order valence-corrected chi connectivity index (χ4v) is 4.77. The summed E-state index contributed by atoms with van der Waals surface area (Å²) in [6.07, 6.45) is 0.280. The Morgan fingerprint density at radius 2 is 2.00 bits per heavy atom. The molecule has 3 heterocycles. The fraction of sp³-hybridized carbons (Fsp3) is 0.762. The van der Waals surface area contributed by atoms with Crippen molar-refractivity contribution in [1.29, 1.82) is 0 Å². The molecular formula is C21H38IN5O2S. The number of aliphatic imine (C=N–C) groups is 1. The highest BCUT2D eigenvalue weighted by Crippen LogP contribution is 2.26. The standard InChI is InChI=1S/C21H37N5O2S.HI/c1-4-22-21(23-14-17(2)25-7-10-27-11-8-25)24-15-19(20-6-5-13-29-20)26-9-12-28-18(3)16-26;/h5-6,13,17-19H,4,7-12,14-16H2,1-3H3,(H2,22,23,24);1H. The Morgan fingerprint density at radius 1 is 1.23 bits per heavy atom. The van der Waals surface area contributed by atoms with Gasteiger partial charge in [0, 0.05) is 50.2 Å². The zero-order chi connectivity index (χ0) is 20.5. The molecule has 3 atom stereocenters. The third kappa shape index (κ3) is 7.90. The highest BCUT2D eigenvalue weighted by Gasteiger charge is 2.26. The van der Waals surface area contributed by atoms with Crippen molar-refractivity contribution in [2.45, 2.75) is 39.0 Å². The Morgan fingerprint density at radius 3 is 2.67 bits per heavy atom. The molecule has 1 aromatic rings. The van der Waals surface area contributed by atoms with Crippen LogP contribution in [0.5, 0.6) is 0 Å². The summed E-state index contributed by atoms with van der Waals surface area (Å²) in [6, 6.07) is 5.13. The number of rotatable bonds is 8. The lowest BCUT2D eigenvalue weighted by Gasteiger charge is -2.37. The number of ether oxygens (including phenoxy) is 2. The van der Waals surface area contributed by atoms with Crippen LogP contribution in [0.25, 0.3) is 0 Å². The summed E-state index contributed by atoms with van der Waals surface area (Å²) in [7, 11) is 0. The molecule has 0 bridgehead atoms. The van der Waals surface area contributed by atoms with E-state index in [9.17, 15) is 0 Å². The quantitative estimate of drug-likeness (QED) is 0.294. The molecule has 3 unspecified atom stereocenters. The maximum atomic E-state index is 5.75. The maximum Gasteiger partial charge on any atom is 0.191 e. The van der Waals surface area contributed by atoms with Crippen molar-refractivity contribution in [2.75, 3.05) is 65.6 Å². The molecule has 2 aliphatic rings. The minimum absolute atomic E-state index is 0. The van der Waals surface area contributed by atoms with Gasteiger partial charge in [-0.25, -0.2) is 0 Å². The zero-order valence-electron chi connectivity index (χ0n) is 18.5. The number of thiophene rings is 1. The third-order valence-electron chi connectivity index (χ3n) is 5.57. The summed E-state index contributed by atoms with van der Waals surface area (Å²) in [5.41, 5.74) is 0. The molecule has 0 saturated carbocycles. The molecule has 7 nitrogen and oxygen atoms in total. The van der Waals surface area contributed by atoms with Crippen molar-refractivity contribution in [3.8, 4) is 0 Å². The van der Waals surface area contributed by atoms with Crippen LogP contribution in [0.1, 0.15) is 31.7 Å². The molecule has 2 N–H and O–H groups in total. The van der Waals surface area contributed by atoms with Gasteiger partial charge in [-0.3, -0.25) is 14.8 Å². The first-order chi connectivity index (χ1) is 14.2. The summed E-state index contributed by atoms with van der Waals surface area (Å²) >= 11 is 1.83. The third-order valence-corrected chi connectivity index (χ3v) is 6.55. The van der Waals surface area contributed by atoms with Crippen LogP contribution in [-0.4, -0.2) is 93.5 Å². The van der Waals surface area contributed by atoms with Gasteiger partial charge in [0.2, 0.25) is 0 Å². The van der Waals surface area contributed by atoms with Crippen molar-refractivity contribution in [3.63, 3.8) is 0 Å². The summed E-state index contributed by atoms with van der Waals surface area (Å²) < 4.78 is 11.2. The van der Waals surface area contributed by atoms with Gasteiger partial charge in [-0.15, -0.1) is 35.3 Å². The second kappa shape index (κ2) is 13.8. The average molecular weight is 552 g/mol. The minimum Gasteiger partial charge on any atom is -0.379 e. The Balaban J connectivity index is 0.00000320. The van der Waals surface area contributed by atoms with E-state index in [0.717, 1.165) is 71.6 Å². The van der Waals surface area contributed by atoms with Crippen LogP contribution in [0, 0.1) is 0 Å². The first-order valence-corrected chi connectivity index (χ1v) is 11.8.